The maximum absolute atomic E-state index is 2.73. The Morgan fingerprint density at radius 1 is 1.18 bits per heavy atom. The van der Waals surface area contributed by atoms with Gasteiger partial charge < -0.3 is 4.57 Å². The lowest BCUT2D eigenvalue weighted by atomic mass is 10.3. The van der Waals surface area contributed by atoms with E-state index in [9.17, 15) is 0 Å². The fraction of sp³-hybridized carbons (Fsp3) is 1.00. The van der Waals surface area contributed by atoms with Gasteiger partial charge in [-0.15, -0.1) is 0 Å². The zero-order valence-electron chi connectivity index (χ0n) is 8.89. The predicted molar refractivity (Wildman–Crippen MR) is 59.9 cm³/mol. The van der Waals surface area contributed by atoms with Crippen molar-refractivity contribution < 1.29 is 0 Å². The van der Waals surface area contributed by atoms with Gasteiger partial charge >= 0.3 is 0 Å². The summed E-state index contributed by atoms with van der Waals surface area (Å²) in [6, 6.07) is 1.51. The van der Waals surface area contributed by atoms with Gasteiger partial charge in [0.05, 0.1) is 0 Å². The molecule has 0 N–H and O–H groups in total. The van der Waals surface area contributed by atoms with Gasteiger partial charge in [-0.3, -0.25) is 0 Å². The monoisotopic (exact) mass is 189 g/mol. The van der Waals surface area contributed by atoms with Crippen LogP contribution in [-0.2, 0) is 0 Å². The fourth-order valence-electron chi connectivity index (χ4n) is 1.83. The molecule has 11 heavy (non-hydrogen) atoms. The molecule has 3 heteroatoms. The summed E-state index contributed by atoms with van der Waals surface area (Å²) in [6.45, 7) is 11.8. The molecule has 0 rings (SSSR count). The van der Waals surface area contributed by atoms with Crippen molar-refractivity contribution in [3.8, 4) is 0 Å². The summed E-state index contributed by atoms with van der Waals surface area (Å²) in [4.78, 5) is 0. The lowest BCUT2D eigenvalue weighted by molar-refractivity contribution is 0.305. The van der Waals surface area contributed by atoms with Crippen LogP contribution in [0.3, 0.4) is 0 Å². The highest BCUT2D eigenvalue weighted by Gasteiger charge is 2.18. The topological polar surface area (TPSA) is 3.24 Å². The van der Waals surface area contributed by atoms with E-state index in [-0.39, 0.29) is 0 Å². The average molecular weight is 189 g/mol. The van der Waals surface area contributed by atoms with Crippen LogP contribution in [0.2, 0.25) is 12.2 Å². The number of hydrogen-bond donors (Lipinski definition) is 0. The van der Waals surface area contributed by atoms with E-state index in [1.165, 1.54) is 15.9 Å². The van der Waals surface area contributed by atoms with Crippen LogP contribution in [0.25, 0.3) is 0 Å². The Morgan fingerprint density at radius 2 is 1.55 bits per heavy atom. The van der Waals surface area contributed by atoms with Crippen molar-refractivity contribution in [2.45, 2.75) is 52.0 Å². The molecule has 1 nitrogen and oxygen atoms in total. The standard InChI is InChI=1S/C8H23NSi2/c1-7(2)9(8(3)4)11(5)6-10/h7-8,11H,6H2,1-5,10H3. The third-order valence-corrected chi connectivity index (χ3v) is 9.23. The van der Waals surface area contributed by atoms with Crippen molar-refractivity contribution in [1.82, 2.24) is 4.57 Å². The summed E-state index contributed by atoms with van der Waals surface area (Å²) >= 11 is 0. The third-order valence-electron chi connectivity index (χ3n) is 2.29. The molecule has 0 spiro atoms. The molecule has 0 heterocycles. The molecule has 0 radical (unpaired) electrons. The van der Waals surface area contributed by atoms with Gasteiger partial charge in [0.2, 0.25) is 0 Å². The Labute approximate surface area is 76.3 Å². The molecule has 1 atom stereocenters. The Balaban J connectivity index is 4.09. The van der Waals surface area contributed by atoms with Crippen LogP contribution in [0.4, 0.5) is 0 Å². The van der Waals surface area contributed by atoms with Crippen molar-refractivity contribution >= 4 is 19.2 Å². The summed E-state index contributed by atoms with van der Waals surface area (Å²) in [6.07, 6.45) is 0. The maximum Gasteiger partial charge on any atom is 0.106 e. The lowest BCUT2D eigenvalue weighted by Crippen LogP contribution is -2.46. The van der Waals surface area contributed by atoms with Crippen LogP contribution >= 0.6 is 0 Å². The predicted octanol–water partition coefficient (Wildman–Crippen LogP) is 0.782. The van der Waals surface area contributed by atoms with Gasteiger partial charge in [0.25, 0.3) is 0 Å². The van der Waals surface area contributed by atoms with E-state index in [1.54, 1.807) is 0 Å². The molecule has 0 aliphatic rings. The Bertz CT molecular complexity index is 96.3. The molecule has 0 amide bonds. The maximum atomic E-state index is 2.73. The van der Waals surface area contributed by atoms with Crippen molar-refractivity contribution in [3.63, 3.8) is 0 Å². The van der Waals surface area contributed by atoms with E-state index in [2.05, 4.69) is 38.8 Å². The highest BCUT2D eigenvalue weighted by molar-refractivity contribution is 6.61. The van der Waals surface area contributed by atoms with Crippen LogP contribution < -0.4 is 0 Å². The largest absolute Gasteiger partial charge is 0.322 e. The third kappa shape index (κ3) is 3.53. The molecule has 68 valence electrons. The number of hydrogen-bond acceptors (Lipinski definition) is 1. The minimum absolute atomic E-state index is 0.517. The van der Waals surface area contributed by atoms with E-state index in [4.69, 9.17) is 0 Å². The Morgan fingerprint density at radius 3 is 1.64 bits per heavy atom. The van der Waals surface area contributed by atoms with Crippen LogP contribution in [-0.4, -0.2) is 35.8 Å². The summed E-state index contributed by atoms with van der Waals surface area (Å²) in [5.74, 6) is 0. The first-order valence-corrected chi connectivity index (χ1v) is 8.68. The van der Waals surface area contributed by atoms with Gasteiger partial charge in [0, 0.05) is 10.2 Å². The first-order valence-electron chi connectivity index (χ1n) is 4.78. The van der Waals surface area contributed by atoms with E-state index in [0.29, 0.717) is 0 Å². The summed E-state index contributed by atoms with van der Waals surface area (Å²) < 4.78 is 2.73. The van der Waals surface area contributed by atoms with E-state index in [1.807, 2.05) is 0 Å². The summed E-state index contributed by atoms with van der Waals surface area (Å²) in [5, 5.41) is 0. The second-order valence-corrected chi connectivity index (χ2v) is 9.45. The molecular weight excluding hydrogens is 166 g/mol. The molecule has 0 saturated heterocycles. The molecule has 1 unspecified atom stereocenters. The highest BCUT2D eigenvalue weighted by atomic mass is 28.3. The van der Waals surface area contributed by atoms with Crippen LogP contribution in [0.15, 0.2) is 0 Å². The van der Waals surface area contributed by atoms with Crippen LogP contribution in [0.1, 0.15) is 27.7 Å². The first-order chi connectivity index (χ1) is 5.00. The lowest BCUT2D eigenvalue weighted by Gasteiger charge is -2.35. The smallest absolute Gasteiger partial charge is 0.106 e. The van der Waals surface area contributed by atoms with Crippen molar-refractivity contribution in [3.05, 3.63) is 0 Å². The van der Waals surface area contributed by atoms with Crippen molar-refractivity contribution in [2.24, 2.45) is 0 Å². The number of rotatable bonds is 4. The van der Waals surface area contributed by atoms with Crippen LogP contribution in [0, 0.1) is 0 Å². The van der Waals surface area contributed by atoms with E-state index < -0.39 is 8.96 Å². The molecule has 0 bridgehead atoms. The molecule has 0 aromatic heterocycles. The zero-order valence-corrected chi connectivity index (χ0v) is 12.0. The molecule has 0 aliphatic carbocycles. The molecule has 0 aromatic rings. The quantitative estimate of drug-likeness (QED) is 0.591. The Kier molecular flexibility index (Phi) is 5.30. The molecular formula is C8H23NSi2. The average Bonchev–Trinajstić information content (AvgIpc) is 1.85. The van der Waals surface area contributed by atoms with E-state index >= 15 is 0 Å². The summed E-state index contributed by atoms with van der Waals surface area (Å²) in [5.41, 5.74) is 1.52. The van der Waals surface area contributed by atoms with Gasteiger partial charge in [-0.2, -0.15) is 0 Å². The highest BCUT2D eigenvalue weighted by Crippen LogP contribution is 2.09. The Hall–Kier alpha value is 0.394. The van der Waals surface area contributed by atoms with Crippen LogP contribution in [0.5, 0.6) is 0 Å². The molecule has 0 aromatic carbocycles. The van der Waals surface area contributed by atoms with Gasteiger partial charge in [-0.05, 0) is 12.1 Å². The minimum Gasteiger partial charge on any atom is -0.322 e. The second kappa shape index (κ2) is 5.11. The molecule has 0 aliphatic heterocycles. The van der Waals surface area contributed by atoms with Gasteiger partial charge in [0.1, 0.15) is 8.96 Å². The fourth-order valence-corrected chi connectivity index (χ4v) is 5.55. The molecule has 0 fully saturated rings. The first kappa shape index (κ1) is 11.4. The van der Waals surface area contributed by atoms with Gasteiger partial charge in [0.15, 0.2) is 0 Å². The normalized spacial score (nSPS) is 15.3. The minimum atomic E-state index is -0.517. The van der Waals surface area contributed by atoms with E-state index in [0.717, 1.165) is 12.1 Å². The zero-order chi connectivity index (χ0) is 9.02. The molecule has 0 saturated carbocycles. The SMILES string of the molecule is CC(C)N(C(C)C)[SiH](C)C[SiH3]. The second-order valence-electron chi connectivity index (χ2n) is 3.89. The van der Waals surface area contributed by atoms with Crippen molar-refractivity contribution in [2.75, 3.05) is 0 Å². The summed E-state index contributed by atoms with van der Waals surface area (Å²) in [7, 11) is 0.865. The van der Waals surface area contributed by atoms with Gasteiger partial charge in [-0.1, -0.05) is 39.9 Å². The number of nitrogens with zero attached hydrogens (tertiary/aromatic N) is 1. The van der Waals surface area contributed by atoms with Gasteiger partial charge in [-0.25, -0.2) is 0 Å². The van der Waals surface area contributed by atoms with Crippen molar-refractivity contribution in [1.29, 1.82) is 0 Å².